The quantitative estimate of drug-likeness (QED) is 0.755. The first-order valence-corrected chi connectivity index (χ1v) is 9.11. The topological polar surface area (TPSA) is 67.3 Å². The summed E-state index contributed by atoms with van der Waals surface area (Å²) in [6, 6.07) is 11.4. The third kappa shape index (κ3) is 5.02. The number of β-amino-alcohol motifs (C(OH)–C–C–N with tert-alkyl or cyclic N) is 1. The molecule has 146 valence electrons. The van der Waals surface area contributed by atoms with E-state index in [1.165, 1.54) is 0 Å². The Morgan fingerprint density at radius 2 is 1.70 bits per heavy atom. The van der Waals surface area contributed by atoms with Gasteiger partial charge in [-0.15, -0.1) is 0 Å². The minimum Gasteiger partial charge on any atom is -0.493 e. The summed E-state index contributed by atoms with van der Waals surface area (Å²) in [5, 5.41) is 10.4. The van der Waals surface area contributed by atoms with Crippen molar-refractivity contribution in [2.75, 3.05) is 58.5 Å². The highest BCUT2D eigenvalue weighted by atomic mass is 16.5. The molecule has 0 bridgehead atoms. The highest BCUT2D eigenvalue weighted by Crippen LogP contribution is 2.36. The molecule has 1 aliphatic rings. The number of benzene rings is 1. The molecule has 0 spiro atoms. The second-order valence-corrected chi connectivity index (χ2v) is 6.43. The van der Waals surface area contributed by atoms with Crippen molar-refractivity contribution >= 4 is 5.82 Å². The lowest BCUT2D eigenvalue weighted by molar-refractivity contribution is 0.0642. The zero-order valence-electron chi connectivity index (χ0n) is 15.9. The van der Waals surface area contributed by atoms with E-state index in [-0.39, 0.29) is 6.61 Å². The van der Waals surface area contributed by atoms with Crippen LogP contribution < -0.4 is 19.1 Å². The van der Waals surface area contributed by atoms with E-state index >= 15 is 0 Å². The van der Waals surface area contributed by atoms with Gasteiger partial charge in [0.25, 0.3) is 0 Å². The summed E-state index contributed by atoms with van der Waals surface area (Å²) in [7, 11) is 3.16. The molecule has 27 heavy (non-hydrogen) atoms. The van der Waals surface area contributed by atoms with Crippen molar-refractivity contribution in [3.05, 3.63) is 42.6 Å². The molecular formula is C20H27N3O4. The molecule has 1 aromatic carbocycles. The van der Waals surface area contributed by atoms with E-state index in [2.05, 4.69) is 14.8 Å². The fourth-order valence-electron chi connectivity index (χ4n) is 3.19. The van der Waals surface area contributed by atoms with E-state index in [4.69, 9.17) is 14.2 Å². The Hall–Kier alpha value is -2.51. The number of para-hydroxylation sites is 1. The molecule has 0 amide bonds. The van der Waals surface area contributed by atoms with Gasteiger partial charge in [-0.1, -0.05) is 12.1 Å². The van der Waals surface area contributed by atoms with Gasteiger partial charge in [-0.2, -0.15) is 0 Å². The van der Waals surface area contributed by atoms with Crippen molar-refractivity contribution in [2.45, 2.75) is 6.10 Å². The zero-order valence-corrected chi connectivity index (χ0v) is 15.9. The van der Waals surface area contributed by atoms with Crippen molar-refractivity contribution in [1.29, 1.82) is 0 Å². The van der Waals surface area contributed by atoms with Gasteiger partial charge in [-0.25, -0.2) is 4.98 Å². The van der Waals surface area contributed by atoms with Crippen LogP contribution in [0.25, 0.3) is 0 Å². The monoisotopic (exact) mass is 373 g/mol. The van der Waals surface area contributed by atoms with Gasteiger partial charge in [0.1, 0.15) is 18.5 Å². The molecule has 0 radical (unpaired) electrons. The van der Waals surface area contributed by atoms with Gasteiger partial charge in [-0.05, 0) is 24.3 Å². The fraction of sp³-hybridized carbons (Fsp3) is 0.450. The van der Waals surface area contributed by atoms with Crippen molar-refractivity contribution in [3.63, 3.8) is 0 Å². The highest BCUT2D eigenvalue weighted by molar-refractivity contribution is 5.51. The van der Waals surface area contributed by atoms with E-state index in [9.17, 15) is 5.11 Å². The van der Waals surface area contributed by atoms with Crippen LogP contribution in [0.4, 0.5) is 5.82 Å². The summed E-state index contributed by atoms with van der Waals surface area (Å²) in [5.74, 6) is 2.70. The second-order valence-electron chi connectivity index (χ2n) is 6.43. The first-order valence-electron chi connectivity index (χ1n) is 9.11. The maximum Gasteiger partial charge on any atom is 0.203 e. The second kappa shape index (κ2) is 9.43. The number of hydrogen-bond acceptors (Lipinski definition) is 7. The number of ether oxygens (including phenoxy) is 3. The summed E-state index contributed by atoms with van der Waals surface area (Å²) in [6.07, 6.45) is 1.22. The highest BCUT2D eigenvalue weighted by Gasteiger charge is 2.21. The lowest BCUT2D eigenvalue weighted by atomic mass is 10.2. The normalized spacial score (nSPS) is 16.0. The maximum absolute atomic E-state index is 10.4. The number of aliphatic hydroxyl groups excluding tert-OH is 1. The van der Waals surface area contributed by atoms with E-state index in [0.29, 0.717) is 23.8 Å². The van der Waals surface area contributed by atoms with Crippen LogP contribution in [0.1, 0.15) is 0 Å². The minimum absolute atomic E-state index is 0.178. The molecule has 1 fully saturated rings. The lowest BCUT2D eigenvalue weighted by Gasteiger charge is -2.36. The number of nitrogens with zero attached hydrogens (tertiary/aromatic N) is 3. The summed E-state index contributed by atoms with van der Waals surface area (Å²) < 4.78 is 16.4. The minimum atomic E-state index is -0.596. The summed E-state index contributed by atoms with van der Waals surface area (Å²) in [6.45, 7) is 4.29. The molecule has 1 saturated heterocycles. The Labute approximate surface area is 160 Å². The number of anilines is 1. The van der Waals surface area contributed by atoms with Crippen molar-refractivity contribution in [2.24, 2.45) is 0 Å². The van der Waals surface area contributed by atoms with Crippen LogP contribution in [0.15, 0.2) is 42.6 Å². The zero-order chi connectivity index (χ0) is 19.1. The van der Waals surface area contributed by atoms with Gasteiger partial charge >= 0.3 is 0 Å². The summed E-state index contributed by atoms with van der Waals surface area (Å²) in [5.41, 5.74) is 0. The van der Waals surface area contributed by atoms with Crippen molar-refractivity contribution in [3.8, 4) is 17.2 Å². The SMILES string of the molecule is COc1cccc(OC)c1OC[C@@H](O)CN1CCN(c2ccccn2)CC1. The van der Waals surface area contributed by atoms with E-state index < -0.39 is 6.10 Å². The Morgan fingerprint density at radius 1 is 1.00 bits per heavy atom. The van der Waals surface area contributed by atoms with Crippen LogP contribution in [-0.2, 0) is 0 Å². The van der Waals surface area contributed by atoms with Crippen LogP contribution in [0.5, 0.6) is 17.2 Å². The molecule has 1 atom stereocenters. The lowest BCUT2D eigenvalue weighted by Crippen LogP contribution is -2.49. The van der Waals surface area contributed by atoms with Crippen LogP contribution in [0, 0.1) is 0 Å². The molecule has 2 heterocycles. The molecule has 1 N–H and O–H groups in total. The third-order valence-corrected chi connectivity index (χ3v) is 4.62. The van der Waals surface area contributed by atoms with Crippen molar-refractivity contribution in [1.82, 2.24) is 9.88 Å². The van der Waals surface area contributed by atoms with E-state index in [1.54, 1.807) is 26.4 Å². The average Bonchev–Trinajstić information content (AvgIpc) is 2.73. The molecule has 7 heteroatoms. The number of methoxy groups -OCH3 is 2. The number of hydrogen-bond donors (Lipinski definition) is 1. The van der Waals surface area contributed by atoms with Crippen molar-refractivity contribution < 1.29 is 19.3 Å². The van der Waals surface area contributed by atoms with Gasteiger partial charge in [0.2, 0.25) is 5.75 Å². The molecule has 7 nitrogen and oxygen atoms in total. The molecule has 0 unspecified atom stereocenters. The number of pyridine rings is 1. The van der Waals surface area contributed by atoms with Crippen LogP contribution in [0.2, 0.25) is 0 Å². The van der Waals surface area contributed by atoms with E-state index in [0.717, 1.165) is 32.0 Å². The molecule has 0 aliphatic carbocycles. The first kappa shape index (κ1) is 19.3. The largest absolute Gasteiger partial charge is 0.493 e. The first-order chi connectivity index (χ1) is 13.2. The smallest absolute Gasteiger partial charge is 0.203 e. The Balaban J connectivity index is 1.47. The van der Waals surface area contributed by atoms with E-state index in [1.807, 2.05) is 30.5 Å². The standard InChI is InChI=1S/C20H27N3O4/c1-25-17-6-5-7-18(26-2)20(17)27-15-16(24)14-22-10-12-23(13-11-22)19-8-3-4-9-21-19/h3-9,16,24H,10-15H2,1-2H3/t16-/m0/s1. The Bertz CT molecular complexity index is 683. The number of aliphatic hydroxyl groups is 1. The molecule has 0 saturated carbocycles. The average molecular weight is 373 g/mol. The molecule has 1 aromatic heterocycles. The van der Waals surface area contributed by atoms with Gasteiger partial charge in [0.05, 0.1) is 14.2 Å². The third-order valence-electron chi connectivity index (χ3n) is 4.62. The number of piperazine rings is 1. The summed E-state index contributed by atoms with van der Waals surface area (Å²) >= 11 is 0. The fourth-order valence-corrected chi connectivity index (χ4v) is 3.19. The van der Waals surface area contributed by atoms with Crippen LogP contribution in [0.3, 0.4) is 0 Å². The predicted molar refractivity (Wildman–Crippen MR) is 104 cm³/mol. The van der Waals surface area contributed by atoms with Crippen LogP contribution in [-0.4, -0.2) is 74.6 Å². The predicted octanol–water partition coefficient (Wildman–Crippen LogP) is 1.66. The molecular weight excluding hydrogens is 346 g/mol. The van der Waals surface area contributed by atoms with Gasteiger partial charge < -0.3 is 24.2 Å². The summed E-state index contributed by atoms with van der Waals surface area (Å²) in [4.78, 5) is 8.90. The number of rotatable bonds is 8. The molecule has 3 rings (SSSR count). The van der Waals surface area contributed by atoms with Crippen LogP contribution >= 0.6 is 0 Å². The Kier molecular flexibility index (Phi) is 6.73. The van der Waals surface area contributed by atoms with Gasteiger partial charge in [0, 0.05) is 38.9 Å². The molecule has 2 aromatic rings. The maximum atomic E-state index is 10.4. The van der Waals surface area contributed by atoms with Gasteiger partial charge in [-0.3, -0.25) is 4.90 Å². The molecule has 1 aliphatic heterocycles. The number of aromatic nitrogens is 1. The van der Waals surface area contributed by atoms with Gasteiger partial charge in [0.15, 0.2) is 11.5 Å². The Morgan fingerprint density at radius 3 is 2.30 bits per heavy atom.